The highest BCUT2D eigenvalue weighted by Crippen LogP contribution is 2.21. The van der Waals surface area contributed by atoms with Crippen LogP contribution >= 0.6 is 0 Å². The molecule has 2 rings (SSSR count). The third-order valence-electron chi connectivity index (χ3n) is 3.75. The quantitative estimate of drug-likeness (QED) is 0.832. The fourth-order valence-electron chi connectivity index (χ4n) is 2.73. The molecule has 0 bridgehead atoms. The summed E-state index contributed by atoms with van der Waals surface area (Å²) in [6, 6.07) is 9.83. The van der Waals surface area contributed by atoms with Crippen molar-refractivity contribution in [3.8, 4) is 6.07 Å². The lowest BCUT2D eigenvalue weighted by atomic mass is 10.1. The average molecular weight is 292 g/mol. The molecule has 0 aromatic heterocycles. The molecule has 1 aromatic carbocycles. The van der Waals surface area contributed by atoms with E-state index in [0.717, 1.165) is 18.5 Å². The Balaban J connectivity index is 2.16. The van der Waals surface area contributed by atoms with E-state index in [1.807, 2.05) is 24.3 Å². The van der Waals surface area contributed by atoms with Crippen LogP contribution in [-0.2, 0) is 16.4 Å². The second-order valence-electron chi connectivity index (χ2n) is 5.30. The molecule has 4 nitrogen and oxygen atoms in total. The molecule has 1 fully saturated rings. The van der Waals surface area contributed by atoms with Crippen molar-refractivity contribution in [3.63, 3.8) is 0 Å². The van der Waals surface area contributed by atoms with Gasteiger partial charge in [0.2, 0.25) is 0 Å². The monoisotopic (exact) mass is 292 g/mol. The molecule has 0 amide bonds. The van der Waals surface area contributed by atoms with Crippen LogP contribution in [0.3, 0.4) is 0 Å². The summed E-state index contributed by atoms with van der Waals surface area (Å²) in [5.41, 5.74) is 1.65. The lowest BCUT2D eigenvalue weighted by molar-refractivity contribution is 0.203. The van der Waals surface area contributed by atoms with Crippen molar-refractivity contribution in [2.45, 2.75) is 32.4 Å². The SMILES string of the molecule is CCCN(Cc1ccccc1C#N)C1CCS(=O)(=O)C1. The highest BCUT2D eigenvalue weighted by molar-refractivity contribution is 7.91. The van der Waals surface area contributed by atoms with Gasteiger partial charge in [-0.1, -0.05) is 25.1 Å². The van der Waals surface area contributed by atoms with Gasteiger partial charge in [-0.25, -0.2) is 8.42 Å². The number of hydrogen-bond acceptors (Lipinski definition) is 4. The van der Waals surface area contributed by atoms with E-state index in [0.29, 0.717) is 18.5 Å². The van der Waals surface area contributed by atoms with Gasteiger partial charge in [-0.15, -0.1) is 0 Å². The third-order valence-corrected chi connectivity index (χ3v) is 5.50. The third kappa shape index (κ3) is 3.59. The molecule has 108 valence electrons. The topological polar surface area (TPSA) is 61.2 Å². The van der Waals surface area contributed by atoms with Crippen molar-refractivity contribution in [1.82, 2.24) is 4.90 Å². The van der Waals surface area contributed by atoms with Crippen LogP contribution in [0.5, 0.6) is 0 Å². The lowest BCUT2D eigenvalue weighted by Gasteiger charge is -2.28. The van der Waals surface area contributed by atoms with Crippen LogP contribution in [0.4, 0.5) is 0 Å². The van der Waals surface area contributed by atoms with Gasteiger partial charge in [0.15, 0.2) is 9.84 Å². The van der Waals surface area contributed by atoms with E-state index < -0.39 is 9.84 Å². The first-order chi connectivity index (χ1) is 9.55. The molecular formula is C15H20N2O2S. The lowest BCUT2D eigenvalue weighted by Crippen LogP contribution is -2.36. The van der Waals surface area contributed by atoms with Gasteiger partial charge < -0.3 is 0 Å². The number of rotatable bonds is 5. The van der Waals surface area contributed by atoms with E-state index in [9.17, 15) is 8.42 Å². The molecule has 0 saturated carbocycles. The first kappa shape index (κ1) is 15.0. The summed E-state index contributed by atoms with van der Waals surface area (Å²) in [5.74, 6) is 0.541. The second-order valence-corrected chi connectivity index (χ2v) is 7.53. The van der Waals surface area contributed by atoms with Crippen molar-refractivity contribution in [1.29, 1.82) is 5.26 Å². The number of sulfone groups is 1. The van der Waals surface area contributed by atoms with Crippen molar-refractivity contribution in [3.05, 3.63) is 35.4 Å². The summed E-state index contributed by atoms with van der Waals surface area (Å²) in [5, 5.41) is 9.15. The van der Waals surface area contributed by atoms with Gasteiger partial charge in [-0.2, -0.15) is 5.26 Å². The number of benzene rings is 1. The van der Waals surface area contributed by atoms with E-state index in [1.165, 1.54) is 0 Å². The zero-order chi connectivity index (χ0) is 14.6. The van der Waals surface area contributed by atoms with Crippen LogP contribution in [0.25, 0.3) is 0 Å². The Morgan fingerprint density at radius 1 is 1.40 bits per heavy atom. The Labute approximate surface area is 120 Å². The molecule has 0 radical (unpaired) electrons. The molecule has 1 unspecified atom stereocenters. The van der Waals surface area contributed by atoms with Gasteiger partial charge in [0.25, 0.3) is 0 Å². The molecule has 1 saturated heterocycles. The largest absolute Gasteiger partial charge is 0.295 e. The fraction of sp³-hybridized carbons (Fsp3) is 0.533. The van der Waals surface area contributed by atoms with Crippen molar-refractivity contribution in [2.24, 2.45) is 0 Å². The molecule has 1 aliphatic heterocycles. The zero-order valence-corrected chi connectivity index (χ0v) is 12.6. The summed E-state index contributed by atoms with van der Waals surface area (Å²) in [4.78, 5) is 2.21. The van der Waals surface area contributed by atoms with Gasteiger partial charge >= 0.3 is 0 Å². The Kier molecular flexibility index (Phi) is 4.79. The van der Waals surface area contributed by atoms with Crippen molar-refractivity contribution in [2.75, 3.05) is 18.1 Å². The molecule has 20 heavy (non-hydrogen) atoms. The van der Waals surface area contributed by atoms with Crippen LogP contribution in [0, 0.1) is 11.3 Å². The van der Waals surface area contributed by atoms with Crippen LogP contribution in [0.2, 0.25) is 0 Å². The minimum absolute atomic E-state index is 0.0895. The molecule has 1 atom stereocenters. The number of nitriles is 1. The Morgan fingerprint density at radius 2 is 2.15 bits per heavy atom. The summed E-state index contributed by atoms with van der Waals surface area (Å²) >= 11 is 0. The van der Waals surface area contributed by atoms with Gasteiger partial charge in [0.05, 0.1) is 23.1 Å². The Morgan fingerprint density at radius 3 is 2.75 bits per heavy atom. The molecule has 0 spiro atoms. The standard InChI is InChI=1S/C15H20N2O2S/c1-2-8-17(15-7-9-20(18,19)12-15)11-14-6-4-3-5-13(14)10-16/h3-6,15H,2,7-9,11-12H2,1H3. The summed E-state index contributed by atoms with van der Waals surface area (Å²) < 4.78 is 23.3. The molecule has 5 heteroatoms. The summed E-state index contributed by atoms with van der Waals surface area (Å²) in [6.07, 6.45) is 1.68. The molecule has 1 aromatic rings. The van der Waals surface area contributed by atoms with Gasteiger partial charge in [0.1, 0.15) is 0 Å². The van der Waals surface area contributed by atoms with Crippen LogP contribution in [0.1, 0.15) is 30.9 Å². The smallest absolute Gasteiger partial charge is 0.151 e. The second kappa shape index (κ2) is 6.38. The van der Waals surface area contributed by atoms with Crippen LogP contribution in [-0.4, -0.2) is 37.4 Å². The fourth-order valence-corrected chi connectivity index (χ4v) is 4.49. The van der Waals surface area contributed by atoms with Crippen molar-refractivity contribution < 1.29 is 8.42 Å². The first-order valence-corrected chi connectivity index (χ1v) is 8.80. The number of hydrogen-bond donors (Lipinski definition) is 0. The molecule has 0 aliphatic carbocycles. The summed E-state index contributed by atoms with van der Waals surface area (Å²) in [7, 11) is -2.87. The van der Waals surface area contributed by atoms with Crippen molar-refractivity contribution >= 4 is 9.84 Å². The maximum Gasteiger partial charge on any atom is 0.151 e. The highest BCUT2D eigenvalue weighted by Gasteiger charge is 2.32. The maximum atomic E-state index is 11.6. The van der Waals surface area contributed by atoms with Gasteiger partial charge in [-0.05, 0) is 31.0 Å². The summed E-state index contributed by atoms with van der Waals surface area (Å²) in [6.45, 7) is 3.60. The van der Waals surface area contributed by atoms with Gasteiger partial charge in [0, 0.05) is 12.6 Å². The molecule has 1 heterocycles. The van der Waals surface area contributed by atoms with E-state index in [-0.39, 0.29) is 17.5 Å². The van der Waals surface area contributed by atoms with Crippen LogP contribution < -0.4 is 0 Å². The molecular weight excluding hydrogens is 272 g/mol. The minimum atomic E-state index is -2.87. The predicted octanol–water partition coefficient (Wildman–Crippen LogP) is 1.96. The predicted molar refractivity (Wildman–Crippen MR) is 78.9 cm³/mol. The van der Waals surface area contributed by atoms with E-state index in [2.05, 4.69) is 17.9 Å². The van der Waals surface area contributed by atoms with Gasteiger partial charge in [-0.3, -0.25) is 4.90 Å². The Bertz CT molecular complexity index is 605. The molecule has 0 N–H and O–H groups in total. The first-order valence-electron chi connectivity index (χ1n) is 6.98. The van der Waals surface area contributed by atoms with Crippen LogP contribution in [0.15, 0.2) is 24.3 Å². The maximum absolute atomic E-state index is 11.6. The zero-order valence-electron chi connectivity index (χ0n) is 11.7. The number of nitrogens with zero attached hydrogens (tertiary/aromatic N) is 2. The Hall–Kier alpha value is -1.38. The minimum Gasteiger partial charge on any atom is -0.295 e. The highest BCUT2D eigenvalue weighted by atomic mass is 32.2. The molecule has 1 aliphatic rings. The average Bonchev–Trinajstić information content (AvgIpc) is 2.79. The van der Waals surface area contributed by atoms with E-state index >= 15 is 0 Å². The van der Waals surface area contributed by atoms with E-state index in [1.54, 1.807) is 0 Å². The normalized spacial score (nSPS) is 20.9. The van der Waals surface area contributed by atoms with E-state index in [4.69, 9.17) is 5.26 Å².